The van der Waals surface area contributed by atoms with Gasteiger partial charge >= 0.3 is 7.82 Å². The molecule has 7 nitrogen and oxygen atoms in total. The second kappa shape index (κ2) is 34.4. The maximum absolute atomic E-state index is 12.5. The summed E-state index contributed by atoms with van der Waals surface area (Å²) in [5, 5.41) is 13.4. The molecular formula is C39H72NO6P. The number of nitrogens with one attached hydrogen (secondary N) is 1. The number of hydrogen-bond acceptors (Lipinski definition) is 4. The van der Waals surface area contributed by atoms with E-state index in [1.54, 1.807) is 0 Å². The van der Waals surface area contributed by atoms with E-state index in [0.29, 0.717) is 12.8 Å². The highest BCUT2D eigenvalue weighted by Crippen LogP contribution is 2.36. The Morgan fingerprint density at radius 2 is 1.02 bits per heavy atom. The molecule has 0 aromatic carbocycles. The number of hydrogen-bond donors (Lipinski definition) is 4. The van der Waals surface area contributed by atoms with E-state index in [1.165, 1.54) is 96.3 Å². The predicted octanol–water partition coefficient (Wildman–Crippen LogP) is 11.0. The lowest BCUT2D eigenvalue weighted by molar-refractivity contribution is -0.123. The van der Waals surface area contributed by atoms with E-state index in [2.05, 4.69) is 72.3 Å². The molecule has 0 saturated heterocycles. The maximum atomic E-state index is 12.5. The van der Waals surface area contributed by atoms with E-state index in [0.717, 1.165) is 44.9 Å². The number of aliphatic hydroxyl groups excluding tert-OH is 1. The number of aliphatic hydroxyl groups is 1. The Morgan fingerprint density at radius 1 is 0.617 bits per heavy atom. The van der Waals surface area contributed by atoms with Crippen LogP contribution in [-0.4, -0.2) is 39.6 Å². The minimum Gasteiger partial charge on any atom is -0.391 e. The molecule has 0 saturated carbocycles. The Kier molecular flexibility index (Phi) is 33.3. The van der Waals surface area contributed by atoms with Crippen molar-refractivity contribution in [3.8, 4) is 0 Å². The summed E-state index contributed by atoms with van der Waals surface area (Å²) in [6.45, 7) is 4.06. The zero-order chi connectivity index (χ0) is 34.7. The van der Waals surface area contributed by atoms with E-state index >= 15 is 0 Å². The highest BCUT2D eigenvalue weighted by atomic mass is 31.2. The smallest absolute Gasteiger partial charge is 0.391 e. The lowest BCUT2D eigenvalue weighted by Crippen LogP contribution is -2.46. The van der Waals surface area contributed by atoms with Gasteiger partial charge in [0.25, 0.3) is 0 Å². The van der Waals surface area contributed by atoms with Gasteiger partial charge in [-0.25, -0.2) is 4.57 Å². The molecule has 0 radical (unpaired) electrons. The number of carbonyl (C=O) groups is 1. The SMILES string of the molecule is CCCCCCCCC/C=C\C/C=C\C/C=C\C/C=C\CCCC(=O)N[C@@H](COP(=O)(O)O)[C@H](O)CCCCCCCCCCCC. The fraction of sp³-hybridized carbons (Fsp3) is 0.769. The minimum absolute atomic E-state index is 0.251. The van der Waals surface area contributed by atoms with Crippen LogP contribution in [0.25, 0.3) is 0 Å². The Labute approximate surface area is 289 Å². The Balaban J connectivity index is 4.07. The molecule has 4 N–H and O–H groups in total. The number of allylic oxidation sites excluding steroid dienone is 8. The number of carbonyl (C=O) groups excluding carboxylic acids is 1. The summed E-state index contributed by atoms with van der Waals surface area (Å²) in [6, 6.07) is -0.852. The van der Waals surface area contributed by atoms with Crippen molar-refractivity contribution in [3.63, 3.8) is 0 Å². The summed E-state index contributed by atoms with van der Waals surface area (Å²) in [5.41, 5.74) is 0. The van der Waals surface area contributed by atoms with Crippen LogP contribution in [0, 0.1) is 0 Å². The fourth-order valence-corrected chi connectivity index (χ4v) is 5.75. The molecule has 0 aliphatic rings. The second-order valence-corrected chi connectivity index (χ2v) is 14.1. The highest BCUT2D eigenvalue weighted by molar-refractivity contribution is 7.46. The minimum atomic E-state index is -4.70. The average Bonchev–Trinajstić information content (AvgIpc) is 3.04. The van der Waals surface area contributed by atoms with Gasteiger partial charge in [-0.15, -0.1) is 0 Å². The molecule has 0 unspecified atom stereocenters. The molecule has 1 amide bonds. The van der Waals surface area contributed by atoms with E-state index < -0.39 is 26.6 Å². The van der Waals surface area contributed by atoms with Crippen LogP contribution >= 0.6 is 7.82 Å². The normalized spacial score (nSPS) is 13.9. The summed E-state index contributed by atoms with van der Waals surface area (Å²) < 4.78 is 15.9. The fourth-order valence-electron chi connectivity index (χ4n) is 5.40. The molecule has 0 heterocycles. The van der Waals surface area contributed by atoms with Crippen LogP contribution in [0.3, 0.4) is 0 Å². The first-order chi connectivity index (χ1) is 22.8. The first-order valence-corrected chi connectivity index (χ1v) is 20.6. The van der Waals surface area contributed by atoms with Gasteiger partial charge in [0.05, 0.1) is 18.8 Å². The van der Waals surface area contributed by atoms with Crippen LogP contribution in [0.5, 0.6) is 0 Å². The van der Waals surface area contributed by atoms with Crippen LogP contribution in [-0.2, 0) is 13.9 Å². The number of amides is 1. The van der Waals surface area contributed by atoms with Gasteiger partial charge in [0.1, 0.15) is 0 Å². The standard InChI is InChI=1S/C39H72NO6P/c1-3-5-7-9-11-13-15-16-17-18-19-20-21-22-23-24-25-27-29-31-33-35-39(42)40-37(36-46-47(43,44)45)38(41)34-32-30-28-26-14-12-10-8-6-4-2/h17-18,20-21,23-24,27,29,37-38,41H,3-16,19,22,25-26,28,30-36H2,1-2H3,(H,40,42)(H2,43,44,45)/b18-17-,21-20-,24-23-,29-27-/t37-,38+/m0/s1. The lowest BCUT2D eigenvalue weighted by atomic mass is 10.0. The van der Waals surface area contributed by atoms with Crippen LogP contribution in [0.1, 0.15) is 174 Å². The van der Waals surface area contributed by atoms with Crippen molar-refractivity contribution in [1.82, 2.24) is 5.32 Å². The van der Waals surface area contributed by atoms with Gasteiger partial charge in [-0.3, -0.25) is 9.32 Å². The molecule has 0 aromatic heterocycles. The molecule has 8 heteroatoms. The van der Waals surface area contributed by atoms with Crippen LogP contribution in [0.4, 0.5) is 0 Å². The molecule has 0 spiro atoms. The Bertz CT molecular complexity index is 866. The summed E-state index contributed by atoms with van der Waals surface area (Å²) >= 11 is 0. The van der Waals surface area contributed by atoms with Crippen molar-refractivity contribution in [2.75, 3.05) is 6.61 Å². The Hall–Kier alpha value is -1.50. The van der Waals surface area contributed by atoms with Crippen molar-refractivity contribution in [3.05, 3.63) is 48.6 Å². The second-order valence-electron chi connectivity index (χ2n) is 12.9. The van der Waals surface area contributed by atoms with Gasteiger partial charge in [0.2, 0.25) is 5.91 Å². The molecule has 2 atom stereocenters. The van der Waals surface area contributed by atoms with E-state index in [1.807, 2.05) is 0 Å². The number of phosphoric ester groups is 1. The van der Waals surface area contributed by atoms with Crippen LogP contribution in [0.2, 0.25) is 0 Å². The van der Waals surface area contributed by atoms with Gasteiger partial charge < -0.3 is 20.2 Å². The monoisotopic (exact) mass is 682 g/mol. The van der Waals surface area contributed by atoms with Crippen molar-refractivity contribution >= 4 is 13.7 Å². The molecule has 0 rings (SSSR count). The molecule has 47 heavy (non-hydrogen) atoms. The molecule has 0 aromatic rings. The molecule has 274 valence electrons. The third-order valence-corrected chi connectivity index (χ3v) is 8.80. The highest BCUT2D eigenvalue weighted by Gasteiger charge is 2.25. The zero-order valence-electron chi connectivity index (χ0n) is 30.2. The number of phosphoric acid groups is 1. The summed E-state index contributed by atoms with van der Waals surface area (Å²) in [5.74, 6) is -0.251. The van der Waals surface area contributed by atoms with Crippen LogP contribution in [0.15, 0.2) is 48.6 Å². The van der Waals surface area contributed by atoms with Crippen molar-refractivity contribution in [2.45, 2.75) is 187 Å². The molecule has 0 fully saturated rings. The third-order valence-electron chi connectivity index (χ3n) is 8.32. The maximum Gasteiger partial charge on any atom is 0.469 e. The molecule has 0 aliphatic heterocycles. The van der Waals surface area contributed by atoms with Gasteiger partial charge in [-0.05, 0) is 51.4 Å². The topological polar surface area (TPSA) is 116 Å². The van der Waals surface area contributed by atoms with Gasteiger partial charge in [-0.2, -0.15) is 0 Å². The number of rotatable bonds is 34. The first-order valence-electron chi connectivity index (χ1n) is 19.1. The van der Waals surface area contributed by atoms with Gasteiger partial charge in [0, 0.05) is 6.42 Å². The summed E-state index contributed by atoms with van der Waals surface area (Å²) in [7, 11) is -4.70. The largest absolute Gasteiger partial charge is 0.469 e. The van der Waals surface area contributed by atoms with E-state index in [-0.39, 0.29) is 12.3 Å². The quantitative estimate of drug-likeness (QED) is 0.0305. The van der Waals surface area contributed by atoms with Crippen molar-refractivity contribution in [2.24, 2.45) is 0 Å². The third kappa shape index (κ3) is 35.6. The molecule has 0 bridgehead atoms. The number of unbranched alkanes of at least 4 members (excludes halogenated alkanes) is 17. The van der Waals surface area contributed by atoms with Gasteiger partial charge in [0.15, 0.2) is 0 Å². The summed E-state index contributed by atoms with van der Waals surface area (Å²) in [4.78, 5) is 30.7. The average molecular weight is 682 g/mol. The molecule has 0 aliphatic carbocycles. The van der Waals surface area contributed by atoms with E-state index in [9.17, 15) is 14.5 Å². The first kappa shape index (κ1) is 45.5. The lowest BCUT2D eigenvalue weighted by Gasteiger charge is -2.24. The Morgan fingerprint density at radius 3 is 1.49 bits per heavy atom. The van der Waals surface area contributed by atoms with Crippen molar-refractivity contribution in [1.29, 1.82) is 0 Å². The van der Waals surface area contributed by atoms with E-state index in [4.69, 9.17) is 9.79 Å². The summed E-state index contributed by atoms with van der Waals surface area (Å²) in [6.07, 6.45) is 43.9. The van der Waals surface area contributed by atoms with Crippen LogP contribution < -0.4 is 5.32 Å². The van der Waals surface area contributed by atoms with Crippen molar-refractivity contribution < 1.29 is 28.8 Å². The molecular weight excluding hydrogens is 609 g/mol. The predicted molar refractivity (Wildman–Crippen MR) is 199 cm³/mol. The zero-order valence-corrected chi connectivity index (χ0v) is 31.1. The van der Waals surface area contributed by atoms with Gasteiger partial charge in [-0.1, -0.05) is 165 Å².